The van der Waals surface area contributed by atoms with Crippen molar-refractivity contribution in [2.24, 2.45) is 0 Å². The van der Waals surface area contributed by atoms with Gasteiger partial charge in [-0.05, 0) is 79.2 Å². The number of benzene rings is 1. The van der Waals surface area contributed by atoms with Gasteiger partial charge in [0.2, 0.25) is 0 Å². The molecule has 1 aromatic rings. The molecule has 0 amide bonds. The summed E-state index contributed by atoms with van der Waals surface area (Å²) in [4.78, 5) is 0. The van der Waals surface area contributed by atoms with Crippen molar-refractivity contribution in [2.45, 2.75) is 90.5 Å². The summed E-state index contributed by atoms with van der Waals surface area (Å²) in [6.07, 6.45) is 1.67. The number of aryl methyl sites for hydroxylation is 1. The van der Waals surface area contributed by atoms with Gasteiger partial charge in [0, 0.05) is 0 Å². The molecule has 1 aromatic carbocycles. The van der Waals surface area contributed by atoms with Crippen molar-refractivity contribution in [3.63, 3.8) is 0 Å². The third-order valence-corrected chi connectivity index (χ3v) is 6.51. The second-order valence-electron chi connectivity index (χ2n) is 9.51. The van der Waals surface area contributed by atoms with E-state index in [0.29, 0.717) is 0 Å². The first kappa shape index (κ1) is 19.9. The van der Waals surface area contributed by atoms with Gasteiger partial charge in [0.1, 0.15) is 0 Å². The maximum atomic E-state index is 6.24. The molecule has 3 rings (SSSR count). The molecule has 2 aliphatic heterocycles. The molecule has 0 unspecified atom stereocenters. The van der Waals surface area contributed by atoms with Crippen LogP contribution in [0.3, 0.4) is 0 Å². The van der Waals surface area contributed by atoms with Crippen molar-refractivity contribution < 1.29 is 18.6 Å². The molecule has 0 aliphatic carbocycles. The van der Waals surface area contributed by atoms with Crippen LogP contribution in [0.4, 0.5) is 0 Å². The van der Waals surface area contributed by atoms with Crippen LogP contribution in [0.15, 0.2) is 24.3 Å². The number of hydrogen-bond acceptors (Lipinski definition) is 4. The molecule has 0 saturated carbocycles. The van der Waals surface area contributed by atoms with Crippen LogP contribution in [-0.2, 0) is 25.0 Å². The molecule has 2 aliphatic rings. The zero-order chi connectivity index (χ0) is 19.4. The highest BCUT2D eigenvalue weighted by Crippen LogP contribution is 2.38. The van der Waals surface area contributed by atoms with Crippen LogP contribution >= 0.6 is 0 Å². The van der Waals surface area contributed by atoms with E-state index in [1.54, 1.807) is 0 Å². The van der Waals surface area contributed by atoms with Crippen molar-refractivity contribution in [2.75, 3.05) is 0 Å². The summed E-state index contributed by atoms with van der Waals surface area (Å²) < 4.78 is 24.8. The Balaban J connectivity index is 1.72. The van der Waals surface area contributed by atoms with Gasteiger partial charge < -0.3 is 18.6 Å². The molecule has 0 atom stereocenters. The van der Waals surface area contributed by atoms with E-state index in [-0.39, 0.29) is 36.6 Å². The molecule has 4 nitrogen and oxygen atoms in total. The average molecular weight is 358 g/mol. The largest absolute Gasteiger partial charge is 0.495 e. The Morgan fingerprint density at radius 1 is 0.692 bits per heavy atom. The Hall–Kier alpha value is -0.810. The molecule has 142 valence electrons. The monoisotopic (exact) mass is 358 g/mol. The lowest BCUT2D eigenvalue weighted by Gasteiger charge is -2.32. The van der Waals surface area contributed by atoms with Crippen molar-refractivity contribution in [1.29, 1.82) is 0 Å². The van der Waals surface area contributed by atoms with Crippen molar-refractivity contribution in [3.8, 4) is 0 Å². The van der Waals surface area contributed by atoms with Crippen molar-refractivity contribution in [3.05, 3.63) is 29.8 Å². The molecule has 2 saturated heterocycles. The van der Waals surface area contributed by atoms with Crippen LogP contribution in [0, 0.1) is 0 Å². The fourth-order valence-electron chi connectivity index (χ4n) is 3.32. The van der Waals surface area contributed by atoms with Crippen LogP contribution in [-0.4, -0.2) is 36.6 Å². The maximum Gasteiger partial charge on any atom is 0.495 e. The van der Waals surface area contributed by atoms with Gasteiger partial charge in [-0.25, -0.2) is 0 Å². The summed E-state index contributed by atoms with van der Waals surface area (Å²) in [5, 5.41) is 0. The predicted octanol–water partition coefficient (Wildman–Crippen LogP) is 3.62. The molecule has 0 radical (unpaired) electrons. The first-order valence-corrected chi connectivity index (χ1v) is 9.64. The Labute approximate surface area is 159 Å². The second-order valence-corrected chi connectivity index (χ2v) is 9.51. The number of rotatable bonds is 4. The molecule has 2 heterocycles. The van der Waals surface area contributed by atoms with E-state index < -0.39 is 0 Å². The van der Waals surface area contributed by atoms with Crippen LogP contribution < -0.4 is 5.46 Å². The third-order valence-electron chi connectivity index (χ3n) is 6.51. The molecule has 26 heavy (non-hydrogen) atoms. The zero-order valence-electron chi connectivity index (χ0n) is 17.5. The third kappa shape index (κ3) is 3.49. The fraction of sp³-hybridized carbons (Fsp3) is 0.700. The fourth-order valence-corrected chi connectivity index (χ4v) is 3.32. The maximum absolute atomic E-state index is 6.24. The lowest BCUT2D eigenvalue weighted by molar-refractivity contribution is 0.00578. The van der Waals surface area contributed by atoms with Crippen LogP contribution in [0.25, 0.3) is 0 Å². The van der Waals surface area contributed by atoms with Gasteiger partial charge in [-0.3, -0.25) is 0 Å². The minimum atomic E-state index is -0.338. The molecule has 0 N–H and O–H groups in total. The lowest BCUT2D eigenvalue weighted by atomic mass is 9.72. The normalized spacial score (nSPS) is 25.7. The predicted molar refractivity (Wildman–Crippen MR) is 107 cm³/mol. The smallest absolute Gasteiger partial charge is 0.403 e. The topological polar surface area (TPSA) is 36.9 Å². The zero-order valence-corrected chi connectivity index (χ0v) is 17.5. The van der Waals surface area contributed by atoms with E-state index in [9.17, 15) is 0 Å². The quantitative estimate of drug-likeness (QED) is 0.771. The van der Waals surface area contributed by atoms with E-state index in [2.05, 4.69) is 73.6 Å². The van der Waals surface area contributed by atoms with Crippen LogP contribution in [0.2, 0.25) is 6.32 Å². The highest BCUT2D eigenvalue weighted by atomic mass is 16.7. The molecule has 0 aromatic heterocycles. The van der Waals surface area contributed by atoms with Gasteiger partial charge in [-0.1, -0.05) is 24.3 Å². The van der Waals surface area contributed by atoms with Gasteiger partial charge in [-0.2, -0.15) is 0 Å². The van der Waals surface area contributed by atoms with Crippen LogP contribution in [0.1, 0.15) is 61.0 Å². The van der Waals surface area contributed by atoms with Gasteiger partial charge in [0.05, 0.1) is 22.4 Å². The SMILES string of the molecule is CC1(C)OB(CCc2ccccc2B2OC(C)(C)C(C)(C)O2)OC1(C)C. The summed E-state index contributed by atoms with van der Waals surface area (Å²) in [7, 11) is -0.527. The molecule has 0 bridgehead atoms. The molecular weight excluding hydrogens is 326 g/mol. The average Bonchev–Trinajstić information content (AvgIpc) is 2.85. The molecule has 2 fully saturated rings. The summed E-state index contributed by atoms with van der Waals surface area (Å²) in [5.74, 6) is 0. The first-order valence-electron chi connectivity index (χ1n) is 9.64. The van der Waals surface area contributed by atoms with Crippen molar-refractivity contribution >= 4 is 19.7 Å². The minimum absolute atomic E-state index is 0.189. The van der Waals surface area contributed by atoms with Crippen LogP contribution in [0.5, 0.6) is 0 Å². The Morgan fingerprint density at radius 2 is 1.15 bits per heavy atom. The summed E-state index contributed by atoms with van der Waals surface area (Å²) in [6, 6.07) is 8.35. The van der Waals surface area contributed by atoms with Crippen molar-refractivity contribution in [1.82, 2.24) is 0 Å². The Bertz CT molecular complexity index is 638. The highest BCUT2D eigenvalue weighted by Gasteiger charge is 2.53. The van der Waals surface area contributed by atoms with E-state index in [1.807, 2.05) is 6.07 Å². The summed E-state index contributed by atoms with van der Waals surface area (Å²) >= 11 is 0. The van der Waals surface area contributed by atoms with Gasteiger partial charge >= 0.3 is 14.2 Å². The van der Waals surface area contributed by atoms with E-state index >= 15 is 0 Å². The Morgan fingerprint density at radius 3 is 1.69 bits per heavy atom. The standard InChI is InChI=1S/C20H32B2O4/c1-17(2)18(3,4)24-21(23-17)14-13-15-11-9-10-12-16(15)22-25-19(5,6)20(7,8)26-22/h9-12H,13-14H2,1-8H3. The van der Waals surface area contributed by atoms with E-state index in [4.69, 9.17) is 18.6 Å². The van der Waals surface area contributed by atoms with E-state index in [0.717, 1.165) is 18.2 Å². The summed E-state index contributed by atoms with van der Waals surface area (Å²) in [5.41, 5.74) is 1.07. The lowest BCUT2D eigenvalue weighted by Crippen LogP contribution is -2.41. The summed E-state index contributed by atoms with van der Waals surface area (Å²) in [6.45, 7) is 16.7. The number of hydrogen-bond donors (Lipinski definition) is 0. The van der Waals surface area contributed by atoms with Gasteiger partial charge in [0.25, 0.3) is 0 Å². The highest BCUT2D eigenvalue weighted by molar-refractivity contribution is 6.62. The van der Waals surface area contributed by atoms with Gasteiger partial charge in [0.15, 0.2) is 0 Å². The van der Waals surface area contributed by atoms with E-state index in [1.165, 1.54) is 5.56 Å². The molecule has 0 spiro atoms. The first-order chi connectivity index (χ1) is 11.8. The molecular formula is C20H32B2O4. The Kier molecular flexibility index (Phi) is 4.88. The molecule has 6 heteroatoms. The minimum Gasteiger partial charge on any atom is -0.403 e. The second kappa shape index (κ2) is 6.37. The van der Waals surface area contributed by atoms with Gasteiger partial charge in [-0.15, -0.1) is 0 Å².